The van der Waals surface area contributed by atoms with Crippen LogP contribution in [0.15, 0.2) is 17.2 Å². The van der Waals surface area contributed by atoms with Gasteiger partial charge in [-0.25, -0.2) is 4.98 Å². The summed E-state index contributed by atoms with van der Waals surface area (Å²) in [5.41, 5.74) is 2.46. The van der Waals surface area contributed by atoms with E-state index in [1.54, 1.807) is 13.8 Å². The van der Waals surface area contributed by atoms with Crippen molar-refractivity contribution >= 4 is 17.7 Å². The van der Waals surface area contributed by atoms with E-state index in [-0.39, 0.29) is 0 Å². The van der Waals surface area contributed by atoms with Gasteiger partial charge in [0.05, 0.1) is 5.03 Å². The maximum atomic E-state index is 11.0. The van der Waals surface area contributed by atoms with Crippen LogP contribution >= 0.6 is 11.8 Å². The molecule has 0 spiro atoms. The Bertz CT molecular complexity index is 429. The van der Waals surface area contributed by atoms with Gasteiger partial charge >= 0.3 is 5.97 Å². The van der Waals surface area contributed by atoms with E-state index in [2.05, 4.69) is 11.1 Å². The van der Waals surface area contributed by atoms with E-state index in [4.69, 9.17) is 5.11 Å². The molecular formula is C12H15NO2S. The Hall–Kier alpha value is -1.03. The summed E-state index contributed by atoms with van der Waals surface area (Å²) >= 11 is 1.31. The van der Waals surface area contributed by atoms with Gasteiger partial charge in [0.1, 0.15) is 4.75 Å². The van der Waals surface area contributed by atoms with Gasteiger partial charge in [0.25, 0.3) is 0 Å². The van der Waals surface area contributed by atoms with Crippen molar-refractivity contribution in [2.24, 2.45) is 0 Å². The molecule has 0 radical (unpaired) electrons. The van der Waals surface area contributed by atoms with Gasteiger partial charge in [-0.2, -0.15) is 0 Å². The summed E-state index contributed by atoms with van der Waals surface area (Å²) in [4.78, 5) is 15.5. The Morgan fingerprint density at radius 3 is 2.88 bits per heavy atom. The minimum Gasteiger partial charge on any atom is -0.480 e. The highest BCUT2D eigenvalue weighted by Crippen LogP contribution is 2.33. The molecule has 1 aliphatic carbocycles. The van der Waals surface area contributed by atoms with Crippen LogP contribution in [0.5, 0.6) is 0 Å². The van der Waals surface area contributed by atoms with Gasteiger partial charge in [-0.3, -0.25) is 4.79 Å². The van der Waals surface area contributed by atoms with Crippen LogP contribution in [0.3, 0.4) is 0 Å². The number of aliphatic carboxylic acids is 1. The van der Waals surface area contributed by atoms with Crippen molar-refractivity contribution in [3.8, 4) is 0 Å². The smallest absolute Gasteiger partial charge is 0.319 e. The molecule has 0 amide bonds. The van der Waals surface area contributed by atoms with Gasteiger partial charge < -0.3 is 5.11 Å². The quantitative estimate of drug-likeness (QED) is 0.821. The first-order valence-corrected chi connectivity index (χ1v) is 6.22. The molecule has 86 valence electrons. The van der Waals surface area contributed by atoms with Crippen molar-refractivity contribution in [2.45, 2.75) is 42.9 Å². The van der Waals surface area contributed by atoms with Gasteiger partial charge in [0, 0.05) is 5.69 Å². The zero-order valence-corrected chi connectivity index (χ0v) is 10.3. The Kier molecular flexibility index (Phi) is 2.93. The maximum Gasteiger partial charge on any atom is 0.319 e. The number of hydrogen-bond acceptors (Lipinski definition) is 3. The summed E-state index contributed by atoms with van der Waals surface area (Å²) in [7, 11) is 0. The van der Waals surface area contributed by atoms with Crippen molar-refractivity contribution in [1.82, 2.24) is 4.98 Å². The molecular weight excluding hydrogens is 222 g/mol. The highest BCUT2D eigenvalue weighted by Gasteiger charge is 2.29. The van der Waals surface area contributed by atoms with E-state index in [1.807, 2.05) is 6.07 Å². The molecule has 0 fully saturated rings. The summed E-state index contributed by atoms with van der Waals surface area (Å²) in [5.74, 6) is -0.806. The molecule has 1 heterocycles. The summed E-state index contributed by atoms with van der Waals surface area (Å²) in [6, 6.07) is 4.01. The second kappa shape index (κ2) is 4.09. The van der Waals surface area contributed by atoms with Crippen molar-refractivity contribution < 1.29 is 9.90 Å². The average Bonchev–Trinajstić information content (AvgIpc) is 2.63. The Morgan fingerprint density at radius 2 is 2.19 bits per heavy atom. The largest absolute Gasteiger partial charge is 0.480 e. The van der Waals surface area contributed by atoms with E-state index in [1.165, 1.54) is 23.7 Å². The van der Waals surface area contributed by atoms with Crippen LogP contribution in [-0.2, 0) is 17.6 Å². The number of thioether (sulfide) groups is 1. The van der Waals surface area contributed by atoms with Crippen molar-refractivity contribution in [2.75, 3.05) is 0 Å². The molecule has 0 unspecified atom stereocenters. The van der Waals surface area contributed by atoms with Crippen LogP contribution in [0.1, 0.15) is 31.5 Å². The molecule has 1 N–H and O–H groups in total. The highest BCUT2D eigenvalue weighted by molar-refractivity contribution is 8.01. The number of nitrogens with zero attached hydrogens (tertiary/aromatic N) is 1. The summed E-state index contributed by atoms with van der Waals surface area (Å²) in [6.07, 6.45) is 3.30. The Morgan fingerprint density at radius 1 is 1.44 bits per heavy atom. The lowest BCUT2D eigenvalue weighted by Crippen LogP contribution is -2.27. The van der Waals surface area contributed by atoms with Crippen molar-refractivity contribution in [1.29, 1.82) is 0 Å². The second-order valence-corrected chi connectivity index (χ2v) is 6.17. The molecule has 2 rings (SSSR count). The SMILES string of the molecule is CC(C)(Sc1ccc2c(n1)CCC2)C(=O)O. The molecule has 0 bridgehead atoms. The minimum absolute atomic E-state index is 0.806. The van der Waals surface area contributed by atoms with E-state index in [9.17, 15) is 4.79 Å². The fourth-order valence-electron chi connectivity index (χ4n) is 1.76. The predicted molar refractivity (Wildman–Crippen MR) is 63.8 cm³/mol. The lowest BCUT2D eigenvalue weighted by molar-refractivity contribution is -0.138. The molecule has 1 aliphatic rings. The maximum absolute atomic E-state index is 11.0. The van der Waals surface area contributed by atoms with Crippen LogP contribution in [0.2, 0.25) is 0 Å². The average molecular weight is 237 g/mol. The molecule has 0 aliphatic heterocycles. The number of pyridine rings is 1. The molecule has 16 heavy (non-hydrogen) atoms. The number of aromatic nitrogens is 1. The van der Waals surface area contributed by atoms with Crippen LogP contribution in [0.4, 0.5) is 0 Å². The Balaban J connectivity index is 2.20. The van der Waals surface area contributed by atoms with Crippen LogP contribution in [0, 0.1) is 0 Å². The van der Waals surface area contributed by atoms with Gasteiger partial charge in [0.2, 0.25) is 0 Å². The van der Waals surface area contributed by atoms with Crippen LogP contribution in [-0.4, -0.2) is 20.8 Å². The lowest BCUT2D eigenvalue weighted by Gasteiger charge is -2.17. The second-order valence-electron chi connectivity index (χ2n) is 4.53. The summed E-state index contributed by atoms with van der Waals surface area (Å²) in [6.45, 7) is 3.41. The molecule has 0 saturated heterocycles. The molecule has 1 aromatic rings. The molecule has 0 saturated carbocycles. The normalized spacial score (nSPS) is 14.9. The first kappa shape index (κ1) is 11.5. The van der Waals surface area contributed by atoms with E-state index >= 15 is 0 Å². The number of carbonyl (C=O) groups is 1. The molecule has 0 atom stereocenters. The van der Waals surface area contributed by atoms with Gasteiger partial charge in [-0.1, -0.05) is 17.8 Å². The van der Waals surface area contributed by atoms with Crippen LogP contribution in [0.25, 0.3) is 0 Å². The van der Waals surface area contributed by atoms with E-state index in [0.29, 0.717) is 0 Å². The number of carboxylic acids is 1. The number of hydrogen-bond donors (Lipinski definition) is 1. The predicted octanol–water partition coefficient (Wildman–Crippen LogP) is 2.53. The molecule has 0 aromatic carbocycles. The fourth-order valence-corrected chi connectivity index (χ4v) is 2.66. The first-order valence-electron chi connectivity index (χ1n) is 5.40. The van der Waals surface area contributed by atoms with Gasteiger partial charge in [-0.05, 0) is 44.7 Å². The van der Waals surface area contributed by atoms with Crippen molar-refractivity contribution in [3.63, 3.8) is 0 Å². The Labute approximate surface area is 99.3 Å². The van der Waals surface area contributed by atoms with Gasteiger partial charge in [-0.15, -0.1) is 0 Å². The fraction of sp³-hybridized carbons (Fsp3) is 0.500. The molecule has 4 heteroatoms. The summed E-state index contributed by atoms with van der Waals surface area (Å²) < 4.78 is -0.820. The summed E-state index contributed by atoms with van der Waals surface area (Å²) in [5, 5.41) is 9.86. The third kappa shape index (κ3) is 2.21. The zero-order valence-electron chi connectivity index (χ0n) is 9.49. The van der Waals surface area contributed by atoms with E-state index in [0.717, 1.165) is 23.6 Å². The monoisotopic (exact) mass is 237 g/mol. The molecule has 3 nitrogen and oxygen atoms in total. The highest BCUT2D eigenvalue weighted by atomic mass is 32.2. The molecule has 1 aromatic heterocycles. The third-order valence-corrected chi connectivity index (χ3v) is 3.90. The standard InChI is InChI=1S/C12H15NO2S/c1-12(2,11(14)15)16-10-7-6-8-4-3-5-9(8)13-10/h6-7H,3-5H2,1-2H3,(H,14,15). The minimum atomic E-state index is -0.820. The number of fused-ring (bicyclic) bond motifs is 1. The van der Waals surface area contributed by atoms with E-state index < -0.39 is 10.7 Å². The first-order chi connectivity index (χ1) is 7.49. The lowest BCUT2D eigenvalue weighted by atomic mass is 10.2. The zero-order chi connectivity index (χ0) is 11.8. The topological polar surface area (TPSA) is 50.2 Å². The number of aryl methyl sites for hydroxylation is 2. The third-order valence-electron chi connectivity index (χ3n) is 2.78. The van der Waals surface area contributed by atoms with Gasteiger partial charge in [0.15, 0.2) is 0 Å². The number of carboxylic acid groups (broad SMARTS) is 1. The van der Waals surface area contributed by atoms with Crippen molar-refractivity contribution in [3.05, 3.63) is 23.4 Å². The number of rotatable bonds is 3. The van der Waals surface area contributed by atoms with Crippen LogP contribution < -0.4 is 0 Å².